The van der Waals surface area contributed by atoms with E-state index in [1.807, 2.05) is 6.92 Å². The molecule has 0 saturated carbocycles. The predicted octanol–water partition coefficient (Wildman–Crippen LogP) is 2.58. The van der Waals surface area contributed by atoms with Gasteiger partial charge < -0.3 is 0 Å². The Kier molecular flexibility index (Phi) is 3.04. The molecule has 88 valence electrons. The highest BCUT2D eigenvalue weighted by atomic mass is 19.1. The molecule has 0 amide bonds. The van der Waals surface area contributed by atoms with E-state index in [2.05, 4.69) is 5.10 Å². The van der Waals surface area contributed by atoms with Gasteiger partial charge in [0, 0.05) is 12.7 Å². The molecule has 17 heavy (non-hydrogen) atoms. The highest BCUT2D eigenvalue weighted by molar-refractivity contribution is 6.08. The minimum atomic E-state index is -0.457. The van der Waals surface area contributed by atoms with Crippen molar-refractivity contribution < 1.29 is 9.18 Å². The van der Waals surface area contributed by atoms with Gasteiger partial charge in [-0.15, -0.1) is 0 Å². The van der Waals surface area contributed by atoms with Crippen molar-refractivity contribution in [3.05, 3.63) is 53.1 Å². The predicted molar refractivity (Wildman–Crippen MR) is 62.5 cm³/mol. The summed E-state index contributed by atoms with van der Waals surface area (Å²) in [5, 5.41) is 4.01. The molecule has 0 saturated heterocycles. The Morgan fingerprint density at radius 3 is 2.88 bits per heavy atom. The van der Waals surface area contributed by atoms with E-state index in [4.69, 9.17) is 0 Å². The second-order valence-electron chi connectivity index (χ2n) is 3.80. The summed E-state index contributed by atoms with van der Waals surface area (Å²) in [5.41, 5.74) is 0.982. The van der Waals surface area contributed by atoms with E-state index in [-0.39, 0.29) is 11.3 Å². The number of aromatic nitrogens is 2. The zero-order valence-corrected chi connectivity index (χ0v) is 9.77. The van der Waals surface area contributed by atoms with E-state index in [0.29, 0.717) is 17.8 Å². The Morgan fingerprint density at radius 2 is 2.18 bits per heavy atom. The third kappa shape index (κ3) is 1.98. The van der Waals surface area contributed by atoms with Crippen LogP contribution >= 0.6 is 0 Å². The largest absolute Gasteiger partial charge is 0.287 e. The number of nitrogens with zero attached hydrogens (tertiary/aromatic N) is 2. The summed E-state index contributed by atoms with van der Waals surface area (Å²) in [4.78, 5) is 12.2. The highest BCUT2D eigenvalue weighted by Gasteiger charge is 2.18. The number of aryl methyl sites for hydroxylation is 2. The second kappa shape index (κ2) is 4.49. The molecular formula is C13H13FN2O. The first-order valence-corrected chi connectivity index (χ1v) is 5.46. The fraction of sp³-hybridized carbons (Fsp3) is 0.231. The molecule has 0 spiro atoms. The van der Waals surface area contributed by atoms with E-state index in [0.717, 1.165) is 0 Å². The van der Waals surface area contributed by atoms with Gasteiger partial charge in [0.15, 0.2) is 0 Å². The van der Waals surface area contributed by atoms with Gasteiger partial charge in [-0.2, -0.15) is 5.10 Å². The van der Waals surface area contributed by atoms with E-state index in [1.54, 1.807) is 36.0 Å². The number of halogens is 1. The third-order valence-corrected chi connectivity index (χ3v) is 2.69. The summed E-state index contributed by atoms with van der Waals surface area (Å²) in [5.74, 6) is -0.785. The van der Waals surface area contributed by atoms with Crippen molar-refractivity contribution >= 4 is 5.78 Å². The molecule has 0 aliphatic carbocycles. The Labute approximate surface area is 98.9 Å². The topological polar surface area (TPSA) is 34.9 Å². The number of hydrogen-bond donors (Lipinski definition) is 0. The summed E-state index contributed by atoms with van der Waals surface area (Å²) in [7, 11) is 0. The van der Waals surface area contributed by atoms with Crippen LogP contribution in [0.25, 0.3) is 0 Å². The van der Waals surface area contributed by atoms with Crippen LogP contribution in [0.3, 0.4) is 0 Å². The van der Waals surface area contributed by atoms with Crippen LogP contribution < -0.4 is 0 Å². The van der Waals surface area contributed by atoms with Crippen LogP contribution in [-0.2, 0) is 6.54 Å². The summed E-state index contributed by atoms with van der Waals surface area (Å²) >= 11 is 0. The number of benzene rings is 1. The van der Waals surface area contributed by atoms with Crippen LogP contribution in [0.4, 0.5) is 4.39 Å². The monoisotopic (exact) mass is 232 g/mol. The van der Waals surface area contributed by atoms with E-state index in [9.17, 15) is 9.18 Å². The van der Waals surface area contributed by atoms with Crippen LogP contribution in [-0.4, -0.2) is 15.6 Å². The van der Waals surface area contributed by atoms with Gasteiger partial charge in [-0.1, -0.05) is 12.1 Å². The summed E-state index contributed by atoms with van der Waals surface area (Å²) in [6.45, 7) is 4.11. The van der Waals surface area contributed by atoms with Crippen molar-refractivity contribution in [2.45, 2.75) is 20.4 Å². The Balaban J connectivity index is 2.48. The highest BCUT2D eigenvalue weighted by Crippen LogP contribution is 2.16. The zero-order valence-electron chi connectivity index (χ0n) is 9.77. The summed E-state index contributed by atoms with van der Waals surface area (Å²) in [6, 6.07) is 6.42. The molecule has 0 fully saturated rings. The SMILES string of the molecule is CCn1nccc1C(=O)c1cccc(C)c1F. The molecule has 4 heteroatoms. The van der Waals surface area contributed by atoms with Gasteiger partial charge in [-0.3, -0.25) is 9.48 Å². The smallest absolute Gasteiger partial charge is 0.213 e. The number of ketones is 1. The number of carbonyl (C=O) groups is 1. The normalized spacial score (nSPS) is 10.5. The second-order valence-corrected chi connectivity index (χ2v) is 3.80. The van der Waals surface area contributed by atoms with Crippen molar-refractivity contribution in [1.82, 2.24) is 9.78 Å². The standard InChI is InChI=1S/C13H13FN2O/c1-3-16-11(7-8-15-16)13(17)10-6-4-5-9(2)12(10)14/h4-8H,3H2,1-2H3. The van der Waals surface area contributed by atoms with Gasteiger partial charge in [0.25, 0.3) is 0 Å². The van der Waals surface area contributed by atoms with Gasteiger partial charge in [0.2, 0.25) is 5.78 Å². The lowest BCUT2D eigenvalue weighted by Gasteiger charge is -2.06. The molecule has 3 nitrogen and oxygen atoms in total. The first-order chi connectivity index (χ1) is 8.15. The Hall–Kier alpha value is -1.97. The van der Waals surface area contributed by atoms with Gasteiger partial charge >= 0.3 is 0 Å². The molecule has 1 heterocycles. The number of hydrogen-bond acceptors (Lipinski definition) is 2. The number of rotatable bonds is 3. The molecule has 1 aromatic carbocycles. The lowest BCUT2D eigenvalue weighted by Crippen LogP contribution is -2.12. The molecule has 0 bridgehead atoms. The minimum Gasteiger partial charge on any atom is -0.287 e. The fourth-order valence-corrected chi connectivity index (χ4v) is 1.74. The molecule has 0 aliphatic heterocycles. The van der Waals surface area contributed by atoms with Crippen molar-refractivity contribution in [1.29, 1.82) is 0 Å². The molecule has 0 aliphatic rings. The van der Waals surface area contributed by atoms with Crippen molar-refractivity contribution in [2.75, 3.05) is 0 Å². The molecule has 0 unspecified atom stereocenters. The molecular weight excluding hydrogens is 219 g/mol. The summed E-state index contributed by atoms with van der Waals surface area (Å²) < 4.78 is 15.4. The number of carbonyl (C=O) groups excluding carboxylic acids is 1. The van der Waals surface area contributed by atoms with E-state index >= 15 is 0 Å². The maximum Gasteiger partial charge on any atom is 0.213 e. The van der Waals surface area contributed by atoms with Gasteiger partial charge in [0.05, 0.1) is 5.56 Å². The van der Waals surface area contributed by atoms with Crippen molar-refractivity contribution in [3.63, 3.8) is 0 Å². The zero-order chi connectivity index (χ0) is 12.4. The molecule has 0 radical (unpaired) electrons. The van der Waals surface area contributed by atoms with Crippen LogP contribution in [0.2, 0.25) is 0 Å². The van der Waals surface area contributed by atoms with Gasteiger partial charge in [-0.25, -0.2) is 4.39 Å². The molecule has 2 rings (SSSR count). The minimum absolute atomic E-state index is 0.0974. The van der Waals surface area contributed by atoms with Crippen molar-refractivity contribution in [3.8, 4) is 0 Å². The fourth-order valence-electron chi connectivity index (χ4n) is 1.74. The maximum absolute atomic E-state index is 13.8. The first kappa shape index (κ1) is 11.5. The Bertz CT molecular complexity index is 560. The molecule has 0 atom stereocenters. The molecule has 1 aromatic heterocycles. The van der Waals surface area contributed by atoms with Crippen molar-refractivity contribution in [2.24, 2.45) is 0 Å². The van der Waals surface area contributed by atoms with Gasteiger partial charge in [0.1, 0.15) is 11.5 Å². The van der Waals surface area contributed by atoms with Gasteiger partial charge in [-0.05, 0) is 31.5 Å². The van der Waals surface area contributed by atoms with E-state index in [1.165, 1.54) is 6.07 Å². The Morgan fingerprint density at radius 1 is 1.41 bits per heavy atom. The average molecular weight is 232 g/mol. The summed E-state index contributed by atoms with van der Waals surface area (Å²) in [6.07, 6.45) is 1.55. The third-order valence-electron chi connectivity index (χ3n) is 2.69. The van der Waals surface area contributed by atoms with Crippen LogP contribution in [0.15, 0.2) is 30.5 Å². The molecule has 2 aromatic rings. The van der Waals surface area contributed by atoms with E-state index < -0.39 is 5.82 Å². The molecule has 0 N–H and O–H groups in total. The van der Waals surface area contributed by atoms with Crippen LogP contribution in [0.5, 0.6) is 0 Å². The van der Waals surface area contributed by atoms with Crippen LogP contribution in [0.1, 0.15) is 28.5 Å². The maximum atomic E-state index is 13.8. The quantitative estimate of drug-likeness (QED) is 0.762. The average Bonchev–Trinajstić information content (AvgIpc) is 2.80. The van der Waals surface area contributed by atoms with Crippen LogP contribution in [0, 0.1) is 12.7 Å². The lowest BCUT2D eigenvalue weighted by atomic mass is 10.0. The lowest BCUT2D eigenvalue weighted by molar-refractivity contribution is 0.102. The first-order valence-electron chi connectivity index (χ1n) is 5.46.